The molecule has 0 atom stereocenters. The van der Waals surface area contributed by atoms with Crippen LogP contribution in [0.5, 0.6) is 0 Å². The maximum atomic E-state index is 13.3. The number of aryl methyl sites for hydroxylation is 1. The van der Waals surface area contributed by atoms with Gasteiger partial charge in [0.15, 0.2) is 0 Å². The van der Waals surface area contributed by atoms with Crippen molar-refractivity contribution in [3.8, 4) is 0 Å². The Labute approximate surface area is 86.5 Å². The lowest BCUT2D eigenvalue weighted by Gasteiger charge is -2.19. The smallest absolute Gasteiger partial charge is 0.266 e. The molecule has 1 aromatic carbocycles. The maximum Gasteiger partial charge on any atom is 0.266 e. The van der Waals surface area contributed by atoms with Crippen LogP contribution < -0.4 is 0 Å². The van der Waals surface area contributed by atoms with E-state index in [1.807, 2.05) is 0 Å². The zero-order valence-corrected chi connectivity index (χ0v) is 8.81. The van der Waals surface area contributed by atoms with Gasteiger partial charge in [-0.25, -0.2) is 13.2 Å². The van der Waals surface area contributed by atoms with Crippen molar-refractivity contribution in [2.45, 2.75) is 32.8 Å². The van der Waals surface area contributed by atoms with Crippen molar-refractivity contribution in [2.75, 3.05) is 0 Å². The van der Waals surface area contributed by atoms with Gasteiger partial charge in [0.1, 0.15) is 5.82 Å². The van der Waals surface area contributed by atoms with Gasteiger partial charge in [-0.2, -0.15) is 0 Å². The van der Waals surface area contributed by atoms with Gasteiger partial charge >= 0.3 is 0 Å². The molecule has 0 aliphatic heterocycles. The van der Waals surface area contributed by atoms with E-state index in [-0.39, 0.29) is 5.56 Å². The molecule has 1 aromatic rings. The maximum absolute atomic E-state index is 13.3. The van der Waals surface area contributed by atoms with Gasteiger partial charge in [0, 0.05) is 0 Å². The van der Waals surface area contributed by atoms with Crippen molar-refractivity contribution in [1.82, 2.24) is 0 Å². The van der Waals surface area contributed by atoms with E-state index in [1.54, 1.807) is 0 Å². The Morgan fingerprint density at radius 3 is 2.13 bits per heavy atom. The summed E-state index contributed by atoms with van der Waals surface area (Å²) in [7, 11) is 0. The Hall–Kier alpha value is -1.03. The van der Waals surface area contributed by atoms with Crippen LogP contribution in [-0.4, -0.2) is 5.11 Å². The van der Waals surface area contributed by atoms with Gasteiger partial charge in [0.2, 0.25) is 0 Å². The summed E-state index contributed by atoms with van der Waals surface area (Å²) >= 11 is 0. The summed E-state index contributed by atoms with van der Waals surface area (Å²) in [5.41, 5.74) is -1.38. The third-order valence-electron chi connectivity index (χ3n) is 2.26. The topological polar surface area (TPSA) is 20.2 Å². The average Bonchev–Trinajstić information content (AvgIpc) is 1.99. The van der Waals surface area contributed by atoms with Gasteiger partial charge < -0.3 is 5.11 Å². The molecule has 0 bridgehead atoms. The summed E-state index contributed by atoms with van der Waals surface area (Å²) in [6, 6.07) is 2.33. The number of hydrogen-bond donors (Lipinski definition) is 1. The summed E-state index contributed by atoms with van der Waals surface area (Å²) in [6.45, 7) is 4.35. The molecule has 4 heteroatoms. The van der Waals surface area contributed by atoms with Gasteiger partial charge in [0.25, 0.3) is 6.43 Å². The molecule has 0 saturated heterocycles. The zero-order valence-electron chi connectivity index (χ0n) is 8.81. The summed E-state index contributed by atoms with van der Waals surface area (Å²) in [5, 5.41) is 9.61. The first-order valence-electron chi connectivity index (χ1n) is 4.54. The first kappa shape index (κ1) is 12.0. The van der Waals surface area contributed by atoms with Crippen LogP contribution >= 0.6 is 0 Å². The van der Waals surface area contributed by atoms with Gasteiger partial charge in [-0.1, -0.05) is 6.07 Å². The molecule has 15 heavy (non-hydrogen) atoms. The lowest BCUT2D eigenvalue weighted by Crippen LogP contribution is -2.16. The average molecular weight is 218 g/mol. The van der Waals surface area contributed by atoms with E-state index >= 15 is 0 Å². The van der Waals surface area contributed by atoms with Gasteiger partial charge in [-0.05, 0) is 38.0 Å². The number of benzene rings is 1. The molecular formula is C11H13F3O. The van der Waals surface area contributed by atoms with E-state index < -0.39 is 23.4 Å². The van der Waals surface area contributed by atoms with Crippen molar-refractivity contribution >= 4 is 0 Å². The summed E-state index contributed by atoms with van der Waals surface area (Å²) in [5.74, 6) is -0.970. The minimum absolute atomic E-state index is 0.155. The Bertz CT molecular complexity index is 344. The standard InChI is InChI=1S/C11H13F3O/c1-6-4-7(11(2,3)15)5-8(12)9(6)10(13)14/h4-5,10,15H,1-3H3. The van der Waals surface area contributed by atoms with Crippen LogP contribution in [0.4, 0.5) is 13.2 Å². The van der Waals surface area contributed by atoms with Crippen molar-refractivity contribution in [1.29, 1.82) is 0 Å². The number of rotatable bonds is 2. The van der Waals surface area contributed by atoms with Crippen LogP contribution in [0, 0.1) is 12.7 Å². The molecule has 0 saturated carbocycles. The first-order valence-corrected chi connectivity index (χ1v) is 4.54. The fourth-order valence-electron chi connectivity index (χ4n) is 1.38. The third-order valence-corrected chi connectivity index (χ3v) is 2.26. The number of halogens is 3. The molecule has 84 valence electrons. The molecule has 0 aromatic heterocycles. The molecule has 0 heterocycles. The minimum atomic E-state index is -2.83. The Kier molecular flexibility index (Phi) is 3.09. The molecule has 0 amide bonds. The summed E-state index contributed by atoms with van der Waals surface area (Å²) in [6.07, 6.45) is -2.83. The molecule has 0 spiro atoms. The highest BCUT2D eigenvalue weighted by molar-refractivity contribution is 5.35. The van der Waals surface area contributed by atoms with Crippen LogP contribution in [-0.2, 0) is 5.60 Å². The Morgan fingerprint density at radius 2 is 1.80 bits per heavy atom. The number of alkyl halides is 2. The molecule has 1 nitrogen and oxygen atoms in total. The summed E-state index contributed by atoms with van der Waals surface area (Å²) in [4.78, 5) is 0. The lowest BCUT2D eigenvalue weighted by molar-refractivity contribution is 0.0777. The molecule has 1 rings (SSSR count). The van der Waals surface area contributed by atoms with Crippen LogP contribution in [0.25, 0.3) is 0 Å². The highest BCUT2D eigenvalue weighted by Crippen LogP contribution is 2.30. The predicted molar refractivity (Wildman–Crippen MR) is 51.3 cm³/mol. The normalized spacial score (nSPS) is 12.3. The molecule has 1 N–H and O–H groups in total. The van der Waals surface area contributed by atoms with E-state index in [2.05, 4.69) is 0 Å². The largest absolute Gasteiger partial charge is 0.386 e. The first-order chi connectivity index (χ1) is 6.73. The molecule has 0 radical (unpaired) electrons. The minimum Gasteiger partial charge on any atom is -0.386 e. The van der Waals surface area contributed by atoms with E-state index in [1.165, 1.54) is 26.8 Å². The molecule has 0 aliphatic carbocycles. The SMILES string of the molecule is Cc1cc(C(C)(C)O)cc(F)c1C(F)F. The summed E-state index contributed by atoms with van der Waals surface area (Å²) < 4.78 is 38.1. The highest BCUT2D eigenvalue weighted by Gasteiger charge is 2.22. The van der Waals surface area contributed by atoms with E-state index in [4.69, 9.17) is 0 Å². The van der Waals surface area contributed by atoms with E-state index in [0.717, 1.165) is 6.07 Å². The second-order valence-electron chi connectivity index (χ2n) is 4.05. The number of hydrogen-bond acceptors (Lipinski definition) is 1. The van der Waals surface area contributed by atoms with Crippen LogP contribution in [0.1, 0.15) is 37.0 Å². The van der Waals surface area contributed by atoms with Gasteiger partial charge in [-0.15, -0.1) is 0 Å². The fourth-order valence-corrected chi connectivity index (χ4v) is 1.38. The van der Waals surface area contributed by atoms with Crippen molar-refractivity contribution in [3.05, 3.63) is 34.6 Å². The van der Waals surface area contributed by atoms with E-state index in [0.29, 0.717) is 5.56 Å². The van der Waals surface area contributed by atoms with Crippen LogP contribution in [0.3, 0.4) is 0 Å². The molecule has 0 fully saturated rings. The molecule has 0 unspecified atom stereocenters. The second kappa shape index (κ2) is 3.85. The lowest BCUT2D eigenvalue weighted by atomic mass is 9.94. The molecule has 0 aliphatic rings. The van der Waals surface area contributed by atoms with E-state index in [9.17, 15) is 18.3 Å². The third kappa shape index (κ3) is 2.50. The van der Waals surface area contributed by atoms with Crippen LogP contribution in [0.2, 0.25) is 0 Å². The van der Waals surface area contributed by atoms with Crippen LogP contribution in [0.15, 0.2) is 12.1 Å². The predicted octanol–water partition coefficient (Wildman–Crippen LogP) is 3.30. The molecular weight excluding hydrogens is 205 g/mol. The van der Waals surface area contributed by atoms with Crippen molar-refractivity contribution < 1.29 is 18.3 Å². The number of aliphatic hydroxyl groups is 1. The zero-order chi connectivity index (χ0) is 11.8. The van der Waals surface area contributed by atoms with Crippen molar-refractivity contribution in [2.24, 2.45) is 0 Å². The Balaban J connectivity index is 3.32. The van der Waals surface area contributed by atoms with Crippen molar-refractivity contribution in [3.63, 3.8) is 0 Å². The fraction of sp³-hybridized carbons (Fsp3) is 0.455. The highest BCUT2D eigenvalue weighted by atomic mass is 19.3. The second-order valence-corrected chi connectivity index (χ2v) is 4.05. The van der Waals surface area contributed by atoms with Gasteiger partial charge in [0.05, 0.1) is 11.2 Å². The monoisotopic (exact) mass is 218 g/mol. The van der Waals surface area contributed by atoms with Gasteiger partial charge in [-0.3, -0.25) is 0 Å². The Morgan fingerprint density at radius 1 is 1.27 bits per heavy atom. The quantitative estimate of drug-likeness (QED) is 0.807.